The molecule has 0 heterocycles. The summed E-state index contributed by atoms with van der Waals surface area (Å²) in [6.45, 7) is 2.18. The number of hydrogen-bond donors (Lipinski definition) is 1. The highest BCUT2D eigenvalue weighted by Crippen LogP contribution is 2.36. The van der Waals surface area contributed by atoms with E-state index >= 15 is 0 Å². The van der Waals surface area contributed by atoms with Gasteiger partial charge < -0.3 is 5.73 Å². The summed E-state index contributed by atoms with van der Waals surface area (Å²) in [6.07, 6.45) is -1.41. The lowest BCUT2D eigenvalue weighted by molar-refractivity contribution is -0.138. The number of thioether (sulfide) groups is 1. The van der Waals surface area contributed by atoms with Crippen molar-refractivity contribution in [2.24, 2.45) is 5.73 Å². The molecule has 0 saturated carbocycles. The normalized spacial score (nSPS) is 15.2. The van der Waals surface area contributed by atoms with Gasteiger partial charge in [-0.3, -0.25) is 4.90 Å². The number of rotatable bonds is 7. The molecule has 0 aliphatic rings. The van der Waals surface area contributed by atoms with E-state index in [1.807, 2.05) is 25.1 Å². The maximum absolute atomic E-state index is 13.1. The van der Waals surface area contributed by atoms with E-state index in [4.69, 9.17) is 5.73 Å². The molecule has 21 heavy (non-hydrogen) atoms. The first-order valence-corrected chi connectivity index (χ1v) is 8.29. The Morgan fingerprint density at radius 1 is 1.29 bits per heavy atom. The molecular formula is C15H23F3N2S. The quantitative estimate of drug-likeness (QED) is 0.829. The van der Waals surface area contributed by atoms with Gasteiger partial charge in [0.2, 0.25) is 0 Å². The average molecular weight is 320 g/mol. The van der Waals surface area contributed by atoms with E-state index in [0.29, 0.717) is 0 Å². The Bertz CT molecular complexity index is 437. The van der Waals surface area contributed by atoms with Crippen molar-refractivity contribution in [3.05, 3.63) is 35.4 Å². The third-order valence-corrected chi connectivity index (χ3v) is 4.42. The van der Waals surface area contributed by atoms with Crippen molar-refractivity contribution in [3.8, 4) is 0 Å². The molecule has 1 aromatic rings. The van der Waals surface area contributed by atoms with Gasteiger partial charge in [0.25, 0.3) is 0 Å². The van der Waals surface area contributed by atoms with Gasteiger partial charge in [-0.2, -0.15) is 24.9 Å². The monoisotopic (exact) mass is 320 g/mol. The molecular weight excluding hydrogens is 297 g/mol. The van der Waals surface area contributed by atoms with E-state index in [2.05, 4.69) is 0 Å². The van der Waals surface area contributed by atoms with Crippen LogP contribution in [0.4, 0.5) is 13.2 Å². The van der Waals surface area contributed by atoms with Crippen LogP contribution in [0, 0.1) is 0 Å². The standard InChI is InChI=1S/C15H23F3N2S/c1-11(8-9-21-3)20(2)14(10-19)12-6-4-5-7-13(12)15(16,17)18/h4-7,11,14H,8-10,19H2,1-3H3. The summed E-state index contributed by atoms with van der Waals surface area (Å²) in [7, 11) is 1.84. The molecule has 6 heteroatoms. The van der Waals surface area contributed by atoms with Crippen molar-refractivity contribution in [2.45, 2.75) is 31.6 Å². The molecule has 0 fully saturated rings. The average Bonchev–Trinajstić information content (AvgIpc) is 2.44. The lowest BCUT2D eigenvalue weighted by Gasteiger charge is -2.34. The molecule has 2 nitrogen and oxygen atoms in total. The van der Waals surface area contributed by atoms with Gasteiger partial charge in [-0.25, -0.2) is 0 Å². The van der Waals surface area contributed by atoms with Crippen molar-refractivity contribution in [2.75, 3.05) is 25.6 Å². The molecule has 2 unspecified atom stereocenters. The van der Waals surface area contributed by atoms with E-state index in [1.54, 1.807) is 17.8 Å². The molecule has 0 aromatic heterocycles. The minimum atomic E-state index is -4.35. The summed E-state index contributed by atoms with van der Waals surface area (Å²) in [5.74, 6) is 0.976. The molecule has 0 radical (unpaired) electrons. The van der Waals surface area contributed by atoms with Crippen LogP contribution in [0.25, 0.3) is 0 Å². The molecule has 0 spiro atoms. The highest BCUT2D eigenvalue weighted by atomic mass is 32.2. The first kappa shape index (κ1) is 18.3. The van der Waals surface area contributed by atoms with Gasteiger partial charge in [0, 0.05) is 18.6 Å². The van der Waals surface area contributed by atoms with Gasteiger partial charge in [0.05, 0.1) is 5.56 Å². The molecule has 0 aliphatic carbocycles. The van der Waals surface area contributed by atoms with Crippen LogP contribution in [0.5, 0.6) is 0 Å². The maximum Gasteiger partial charge on any atom is 0.416 e. The molecule has 2 N–H and O–H groups in total. The fourth-order valence-electron chi connectivity index (χ4n) is 2.36. The molecule has 2 atom stereocenters. The Balaban J connectivity index is 3.05. The summed E-state index contributed by atoms with van der Waals surface area (Å²) in [5.41, 5.74) is 5.43. The number of alkyl halides is 3. The number of likely N-dealkylation sites (N-methyl/N-ethyl adjacent to an activating group) is 1. The first-order chi connectivity index (χ1) is 9.82. The second-order valence-electron chi connectivity index (χ2n) is 5.13. The molecule has 1 rings (SSSR count). The van der Waals surface area contributed by atoms with Crippen LogP contribution in [0.15, 0.2) is 24.3 Å². The Hall–Kier alpha value is -0.720. The second-order valence-corrected chi connectivity index (χ2v) is 6.12. The van der Waals surface area contributed by atoms with E-state index in [0.717, 1.165) is 18.2 Å². The lowest BCUT2D eigenvalue weighted by atomic mass is 9.97. The van der Waals surface area contributed by atoms with Crippen molar-refractivity contribution < 1.29 is 13.2 Å². The molecule has 0 aliphatic heterocycles. The highest BCUT2D eigenvalue weighted by Gasteiger charge is 2.36. The van der Waals surface area contributed by atoms with E-state index in [9.17, 15) is 13.2 Å². The number of benzene rings is 1. The van der Waals surface area contributed by atoms with Gasteiger partial charge in [0.1, 0.15) is 0 Å². The molecule has 0 bridgehead atoms. The van der Waals surface area contributed by atoms with Gasteiger partial charge in [0.15, 0.2) is 0 Å². The Kier molecular flexibility index (Phi) is 7.03. The molecule has 0 saturated heterocycles. The Labute approximate surface area is 128 Å². The van der Waals surface area contributed by atoms with E-state index < -0.39 is 17.8 Å². The van der Waals surface area contributed by atoms with Crippen LogP contribution in [0.3, 0.4) is 0 Å². The Morgan fingerprint density at radius 2 is 1.90 bits per heavy atom. The van der Waals surface area contributed by atoms with Crippen LogP contribution in [-0.2, 0) is 6.18 Å². The molecule has 120 valence electrons. The summed E-state index contributed by atoms with van der Waals surface area (Å²) in [4.78, 5) is 1.95. The van der Waals surface area contributed by atoms with Crippen LogP contribution >= 0.6 is 11.8 Å². The number of nitrogens with zero attached hydrogens (tertiary/aromatic N) is 1. The molecule has 1 aromatic carbocycles. The maximum atomic E-state index is 13.1. The zero-order valence-corrected chi connectivity index (χ0v) is 13.5. The molecule has 0 amide bonds. The predicted molar refractivity (Wildman–Crippen MR) is 83.5 cm³/mol. The zero-order chi connectivity index (χ0) is 16.0. The third kappa shape index (κ3) is 4.90. The summed E-state index contributed by atoms with van der Waals surface area (Å²) in [5, 5.41) is 0. The number of halogens is 3. The van der Waals surface area contributed by atoms with Gasteiger partial charge in [-0.05, 0) is 44.0 Å². The smallest absolute Gasteiger partial charge is 0.329 e. The fourth-order valence-corrected chi connectivity index (χ4v) is 2.93. The first-order valence-electron chi connectivity index (χ1n) is 6.90. The SMILES string of the molecule is CSCCC(C)N(C)C(CN)c1ccccc1C(F)(F)F. The minimum absolute atomic E-state index is 0.160. The van der Waals surface area contributed by atoms with Crippen molar-refractivity contribution in [1.82, 2.24) is 4.90 Å². The fraction of sp³-hybridized carbons (Fsp3) is 0.600. The van der Waals surface area contributed by atoms with Crippen LogP contribution < -0.4 is 5.73 Å². The summed E-state index contributed by atoms with van der Waals surface area (Å²) >= 11 is 1.73. The second kappa shape index (κ2) is 8.06. The third-order valence-electron chi connectivity index (χ3n) is 3.78. The van der Waals surface area contributed by atoms with Gasteiger partial charge >= 0.3 is 6.18 Å². The van der Waals surface area contributed by atoms with Crippen molar-refractivity contribution in [1.29, 1.82) is 0 Å². The van der Waals surface area contributed by atoms with E-state index in [1.165, 1.54) is 12.1 Å². The minimum Gasteiger partial charge on any atom is -0.329 e. The van der Waals surface area contributed by atoms with Gasteiger partial charge in [-0.15, -0.1) is 0 Å². The van der Waals surface area contributed by atoms with Crippen LogP contribution in [0.1, 0.15) is 30.5 Å². The number of hydrogen-bond acceptors (Lipinski definition) is 3. The van der Waals surface area contributed by atoms with Crippen LogP contribution in [-0.4, -0.2) is 36.5 Å². The largest absolute Gasteiger partial charge is 0.416 e. The van der Waals surface area contributed by atoms with Crippen molar-refractivity contribution >= 4 is 11.8 Å². The van der Waals surface area contributed by atoms with E-state index in [-0.39, 0.29) is 18.2 Å². The Morgan fingerprint density at radius 3 is 2.43 bits per heavy atom. The van der Waals surface area contributed by atoms with Gasteiger partial charge in [-0.1, -0.05) is 18.2 Å². The summed E-state index contributed by atoms with van der Waals surface area (Å²) < 4.78 is 39.4. The lowest BCUT2D eigenvalue weighted by Crippen LogP contribution is -2.38. The predicted octanol–water partition coefficient (Wildman–Crippen LogP) is 3.78. The van der Waals surface area contributed by atoms with Crippen LogP contribution in [0.2, 0.25) is 0 Å². The number of nitrogens with two attached hydrogens (primary N) is 1. The zero-order valence-electron chi connectivity index (χ0n) is 12.7. The highest BCUT2D eigenvalue weighted by molar-refractivity contribution is 7.98. The summed E-state index contributed by atoms with van der Waals surface area (Å²) in [6, 6.07) is 5.44. The topological polar surface area (TPSA) is 29.3 Å². The van der Waals surface area contributed by atoms with Crippen molar-refractivity contribution in [3.63, 3.8) is 0 Å².